The molecular formula is C25H31F2N5O4S. The van der Waals surface area contributed by atoms with Gasteiger partial charge in [0.15, 0.2) is 0 Å². The number of urea groups is 1. The standard InChI is InChI=1S/C25H31F2N5O4S/c1-16-12-17-4-3-5-20(17)23(29-24(33)30-37(34,35)32-14-25(26,27)15-32)22(16)18-6-9-28-21(13-18)36-19-7-10-31(2)11-8-19/h6,9,12-13,19H,3-5,7-8,10-11,14-15H2,1-2H3,(H2,29,30,33). The molecule has 0 bridgehead atoms. The molecule has 9 nitrogen and oxygen atoms in total. The van der Waals surface area contributed by atoms with Gasteiger partial charge in [0.05, 0.1) is 18.8 Å². The minimum atomic E-state index is -4.38. The number of hydrogen-bond acceptors (Lipinski definition) is 6. The Kier molecular flexibility index (Phi) is 6.84. The third-order valence-electron chi connectivity index (χ3n) is 7.19. The molecule has 0 atom stereocenters. The molecule has 0 unspecified atom stereocenters. The molecule has 0 spiro atoms. The number of fused-ring (bicyclic) bond motifs is 1. The third kappa shape index (κ3) is 5.55. The Morgan fingerprint density at radius 1 is 1.19 bits per heavy atom. The van der Waals surface area contributed by atoms with Gasteiger partial charge in [-0.2, -0.15) is 12.7 Å². The van der Waals surface area contributed by atoms with Gasteiger partial charge in [-0.3, -0.25) is 0 Å². The molecular weight excluding hydrogens is 504 g/mol. The van der Waals surface area contributed by atoms with Crippen LogP contribution in [0, 0.1) is 6.92 Å². The number of alkyl halides is 2. The van der Waals surface area contributed by atoms with E-state index in [-0.39, 0.29) is 6.10 Å². The smallest absolute Gasteiger partial charge is 0.333 e. The number of aryl methyl sites for hydroxylation is 2. The Bertz CT molecular complexity index is 1300. The normalized spacial score (nSPS) is 20.2. The summed E-state index contributed by atoms with van der Waals surface area (Å²) in [5.41, 5.74) is 5.00. The van der Waals surface area contributed by atoms with Crippen molar-refractivity contribution in [3.05, 3.63) is 41.1 Å². The number of pyridine rings is 1. The zero-order chi connectivity index (χ0) is 26.4. The molecule has 1 aliphatic carbocycles. The van der Waals surface area contributed by atoms with E-state index in [1.54, 1.807) is 6.20 Å². The Morgan fingerprint density at radius 2 is 1.92 bits per heavy atom. The van der Waals surface area contributed by atoms with E-state index in [1.165, 1.54) is 0 Å². The second-order valence-corrected chi connectivity index (χ2v) is 11.8. The van der Waals surface area contributed by atoms with E-state index in [4.69, 9.17) is 4.74 Å². The molecule has 3 aliphatic rings. The van der Waals surface area contributed by atoms with Crippen LogP contribution in [0.3, 0.4) is 0 Å². The summed E-state index contributed by atoms with van der Waals surface area (Å²) in [5.74, 6) is -2.59. The van der Waals surface area contributed by atoms with Crippen LogP contribution in [0.5, 0.6) is 5.88 Å². The summed E-state index contributed by atoms with van der Waals surface area (Å²) in [6, 6.07) is 4.77. The fourth-order valence-electron chi connectivity index (χ4n) is 5.27. The molecule has 37 heavy (non-hydrogen) atoms. The van der Waals surface area contributed by atoms with Gasteiger partial charge in [-0.1, -0.05) is 6.07 Å². The number of nitrogens with one attached hydrogen (secondary N) is 2. The molecule has 3 heterocycles. The van der Waals surface area contributed by atoms with Crippen LogP contribution >= 0.6 is 0 Å². The first kappa shape index (κ1) is 25.8. The van der Waals surface area contributed by atoms with E-state index >= 15 is 0 Å². The van der Waals surface area contributed by atoms with Crippen molar-refractivity contribution in [2.24, 2.45) is 0 Å². The number of likely N-dealkylation sites (tertiary alicyclic amines) is 1. The predicted octanol–water partition coefficient (Wildman–Crippen LogP) is 3.34. The lowest BCUT2D eigenvalue weighted by Crippen LogP contribution is -2.61. The van der Waals surface area contributed by atoms with Crippen molar-refractivity contribution in [1.82, 2.24) is 18.9 Å². The second kappa shape index (κ2) is 9.80. The highest BCUT2D eigenvalue weighted by Gasteiger charge is 2.50. The maximum Gasteiger partial charge on any atom is 0.333 e. The van der Waals surface area contributed by atoms with Crippen LogP contribution in [0.1, 0.15) is 36.0 Å². The number of amides is 2. The van der Waals surface area contributed by atoms with Crippen LogP contribution in [0.4, 0.5) is 19.3 Å². The van der Waals surface area contributed by atoms with Crippen molar-refractivity contribution in [1.29, 1.82) is 0 Å². The van der Waals surface area contributed by atoms with Gasteiger partial charge >= 0.3 is 16.2 Å². The molecule has 1 aromatic heterocycles. The number of rotatable bonds is 6. The van der Waals surface area contributed by atoms with Gasteiger partial charge in [0.2, 0.25) is 5.88 Å². The zero-order valence-corrected chi connectivity index (χ0v) is 21.7. The largest absolute Gasteiger partial charge is 0.474 e. The minimum Gasteiger partial charge on any atom is -0.474 e. The average Bonchev–Trinajstić information content (AvgIpc) is 3.27. The number of halogens is 2. The van der Waals surface area contributed by atoms with E-state index < -0.39 is 35.3 Å². The number of carbonyl (C=O) groups excluding carboxylic acids is 1. The molecule has 2 saturated heterocycles. The van der Waals surface area contributed by atoms with Crippen molar-refractivity contribution >= 4 is 21.9 Å². The van der Waals surface area contributed by atoms with Gasteiger partial charge in [-0.15, -0.1) is 0 Å². The van der Waals surface area contributed by atoms with Crippen LogP contribution < -0.4 is 14.8 Å². The quantitative estimate of drug-likeness (QED) is 0.588. The molecule has 0 radical (unpaired) electrons. The number of piperidine rings is 1. The number of nitrogens with zero attached hydrogens (tertiary/aromatic N) is 3. The molecule has 200 valence electrons. The highest BCUT2D eigenvalue weighted by molar-refractivity contribution is 7.87. The first-order chi connectivity index (χ1) is 17.5. The summed E-state index contributed by atoms with van der Waals surface area (Å²) in [4.78, 5) is 19.5. The van der Waals surface area contributed by atoms with Crippen molar-refractivity contribution in [3.63, 3.8) is 0 Å². The highest BCUT2D eigenvalue weighted by atomic mass is 32.2. The van der Waals surface area contributed by atoms with Crippen LogP contribution in [0.25, 0.3) is 11.1 Å². The molecule has 2 aliphatic heterocycles. The maximum absolute atomic E-state index is 13.2. The average molecular weight is 536 g/mol. The summed E-state index contributed by atoms with van der Waals surface area (Å²) in [5, 5.41) is 2.73. The third-order valence-corrected chi connectivity index (χ3v) is 8.57. The zero-order valence-electron chi connectivity index (χ0n) is 20.9. The molecule has 2 fully saturated rings. The van der Waals surface area contributed by atoms with Crippen molar-refractivity contribution in [2.45, 2.75) is 51.1 Å². The van der Waals surface area contributed by atoms with Crippen molar-refractivity contribution in [2.75, 3.05) is 38.5 Å². The van der Waals surface area contributed by atoms with Gasteiger partial charge in [0.25, 0.3) is 5.92 Å². The molecule has 12 heteroatoms. The van der Waals surface area contributed by atoms with E-state index in [1.807, 2.05) is 23.8 Å². The van der Waals surface area contributed by atoms with Crippen LogP contribution in [-0.4, -0.2) is 73.9 Å². The Hall–Kier alpha value is -2.83. The fourth-order valence-corrected chi connectivity index (χ4v) is 6.40. The van der Waals surface area contributed by atoms with Crippen LogP contribution in [0.2, 0.25) is 0 Å². The fraction of sp³-hybridized carbons (Fsp3) is 0.520. The number of ether oxygens (including phenoxy) is 1. The van der Waals surface area contributed by atoms with Gasteiger partial charge in [-0.25, -0.2) is 23.3 Å². The molecule has 2 aromatic rings. The van der Waals surface area contributed by atoms with E-state index in [0.717, 1.165) is 73.0 Å². The Balaban J connectivity index is 1.41. The first-order valence-electron chi connectivity index (χ1n) is 12.4. The molecule has 2 amide bonds. The van der Waals surface area contributed by atoms with Crippen LogP contribution in [-0.2, 0) is 23.1 Å². The predicted molar refractivity (Wildman–Crippen MR) is 135 cm³/mol. The monoisotopic (exact) mass is 535 g/mol. The highest BCUT2D eigenvalue weighted by Crippen LogP contribution is 2.41. The number of anilines is 1. The molecule has 5 rings (SSSR count). The Morgan fingerprint density at radius 3 is 2.62 bits per heavy atom. The maximum atomic E-state index is 13.2. The van der Waals surface area contributed by atoms with E-state index in [0.29, 0.717) is 15.9 Å². The number of hydrogen-bond donors (Lipinski definition) is 2. The summed E-state index contributed by atoms with van der Waals surface area (Å²) in [7, 11) is -2.30. The molecule has 2 N–H and O–H groups in total. The number of benzene rings is 1. The first-order valence-corrected chi connectivity index (χ1v) is 13.9. The Labute approximate surface area is 215 Å². The summed E-state index contributed by atoms with van der Waals surface area (Å²) >= 11 is 0. The summed E-state index contributed by atoms with van der Waals surface area (Å²) in [6.07, 6.45) is 6.04. The van der Waals surface area contributed by atoms with Gasteiger partial charge < -0.3 is 15.0 Å². The molecule has 0 saturated carbocycles. The van der Waals surface area contributed by atoms with Crippen molar-refractivity contribution in [3.8, 4) is 17.0 Å². The lowest BCUT2D eigenvalue weighted by atomic mass is 9.93. The number of aromatic nitrogens is 1. The van der Waals surface area contributed by atoms with Crippen LogP contribution in [0.15, 0.2) is 24.4 Å². The van der Waals surface area contributed by atoms with Crippen molar-refractivity contribution < 1.29 is 26.7 Å². The lowest BCUT2D eigenvalue weighted by molar-refractivity contribution is -0.0948. The minimum absolute atomic E-state index is 0.0718. The van der Waals surface area contributed by atoms with E-state index in [2.05, 4.69) is 28.3 Å². The number of carbonyl (C=O) groups is 1. The second-order valence-electron chi connectivity index (χ2n) is 10.1. The molecule has 1 aromatic carbocycles. The lowest BCUT2D eigenvalue weighted by Gasteiger charge is -2.37. The van der Waals surface area contributed by atoms with E-state index in [9.17, 15) is 22.0 Å². The summed E-state index contributed by atoms with van der Waals surface area (Å²) < 4.78 is 59.8. The summed E-state index contributed by atoms with van der Waals surface area (Å²) in [6.45, 7) is 1.95. The van der Waals surface area contributed by atoms with Gasteiger partial charge in [0.1, 0.15) is 6.10 Å². The van der Waals surface area contributed by atoms with Gasteiger partial charge in [-0.05, 0) is 74.4 Å². The topological polar surface area (TPSA) is 104 Å². The van der Waals surface area contributed by atoms with Gasteiger partial charge in [0, 0.05) is 30.9 Å². The SMILES string of the molecule is Cc1cc2c(c(NC(=O)NS(=O)(=O)N3CC(F)(F)C3)c1-c1ccnc(OC3CCN(C)CC3)c1)CCC2.